The summed E-state index contributed by atoms with van der Waals surface area (Å²) >= 11 is 0. The maximum atomic E-state index is 12.9. The molecule has 156 valence electrons. The Hall–Kier alpha value is -3.65. The molecule has 3 N–H and O–H groups in total. The monoisotopic (exact) mass is 409 g/mol. The number of methoxy groups -OCH3 is 1. The molecular weight excluding hydrogens is 386 g/mol. The smallest absolute Gasteiger partial charge is 0.261 e. The number of carbonyl (C=O) groups excluding carboxylic acids is 2. The number of hydrogen-bond donors (Lipinski definition) is 3. The molecule has 0 unspecified atom stereocenters. The highest BCUT2D eigenvalue weighted by atomic mass is 16.5. The van der Waals surface area contributed by atoms with Crippen LogP contribution in [0.2, 0.25) is 0 Å². The third-order valence-corrected chi connectivity index (χ3v) is 4.76. The Labute approximate surface area is 173 Å². The van der Waals surface area contributed by atoms with Crippen LogP contribution in [-0.4, -0.2) is 28.7 Å². The number of carbonyl (C=O) groups is 2. The second-order valence-electron chi connectivity index (χ2n) is 6.76. The zero-order valence-electron chi connectivity index (χ0n) is 16.6. The van der Waals surface area contributed by atoms with Gasteiger partial charge in [-0.05, 0) is 49.2 Å². The van der Waals surface area contributed by atoms with E-state index in [-0.39, 0.29) is 17.4 Å². The van der Waals surface area contributed by atoms with E-state index >= 15 is 0 Å². The van der Waals surface area contributed by atoms with Gasteiger partial charge in [-0.15, -0.1) is 0 Å². The highest BCUT2D eigenvalue weighted by molar-refractivity contribution is 6.05. The number of aryl methyl sites for hydroxylation is 1. The lowest BCUT2D eigenvalue weighted by atomic mass is 10.1. The molecular formula is C22H23N3O5. The fraction of sp³-hybridized carbons (Fsp3) is 0.227. The number of anilines is 1. The number of nitrogens with zero attached hydrogens (tertiary/aromatic N) is 1. The maximum absolute atomic E-state index is 12.9. The minimum absolute atomic E-state index is 0.0395. The zero-order chi connectivity index (χ0) is 21.5. The quantitative estimate of drug-likeness (QED) is 0.301. The van der Waals surface area contributed by atoms with Gasteiger partial charge < -0.3 is 14.6 Å². The van der Waals surface area contributed by atoms with Crippen molar-refractivity contribution in [3.8, 4) is 5.75 Å². The summed E-state index contributed by atoms with van der Waals surface area (Å²) in [5, 5.41) is 11.8. The average Bonchev–Trinajstić information content (AvgIpc) is 2.78. The Kier molecular flexibility index (Phi) is 6.82. The first-order valence-electron chi connectivity index (χ1n) is 9.54. The average molecular weight is 409 g/mol. The topological polar surface area (TPSA) is 110 Å². The highest BCUT2D eigenvalue weighted by Gasteiger charge is 2.15. The third kappa shape index (κ3) is 4.84. The van der Waals surface area contributed by atoms with Gasteiger partial charge in [0, 0.05) is 30.2 Å². The van der Waals surface area contributed by atoms with Crippen molar-refractivity contribution in [1.29, 1.82) is 0 Å². The summed E-state index contributed by atoms with van der Waals surface area (Å²) in [7, 11) is 1.56. The van der Waals surface area contributed by atoms with Crippen LogP contribution < -0.4 is 21.0 Å². The summed E-state index contributed by atoms with van der Waals surface area (Å²) in [6.07, 6.45) is 2.94. The fourth-order valence-corrected chi connectivity index (χ4v) is 3.19. The summed E-state index contributed by atoms with van der Waals surface area (Å²) < 4.78 is 6.95. The number of hydrogen-bond acceptors (Lipinski definition) is 5. The normalized spacial score (nSPS) is 10.6. The molecule has 0 fully saturated rings. The number of amides is 2. The second-order valence-corrected chi connectivity index (χ2v) is 6.76. The second kappa shape index (κ2) is 9.71. The predicted molar refractivity (Wildman–Crippen MR) is 113 cm³/mol. The van der Waals surface area contributed by atoms with Gasteiger partial charge in [0.15, 0.2) is 0 Å². The fourth-order valence-electron chi connectivity index (χ4n) is 3.19. The lowest BCUT2D eigenvalue weighted by Crippen LogP contribution is -2.24. The van der Waals surface area contributed by atoms with E-state index in [2.05, 4.69) is 5.32 Å². The van der Waals surface area contributed by atoms with E-state index in [1.165, 1.54) is 0 Å². The van der Waals surface area contributed by atoms with Crippen LogP contribution >= 0.6 is 0 Å². The summed E-state index contributed by atoms with van der Waals surface area (Å²) in [6.45, 7) is 0.516. The molecule has 0 spiro atoms. The van der Waals surface area contributed by atoms with Crippen molar-refractivity contribution in [2.45, 2.75) is 25.8 Å². The Balaban J connectivity index is 1.86. The maximum Gasteiger partial charge on any atom is 0.261 e. The molecule has 0 aliphatic carbocycles. The van der Waals surface area contributed by atoms with E-state index in [0.29, 0.717) is 36.2 Å². The van der Waals surface area contributed by atoms with Crippen molar-refractivity contribution >= 4 is 28.4 Å². The predicted octanol–water partition coefficient (Wildman–Crippen LogP) is 2.94. The van der Waals surface area contributed by atoms with Gasteiger partial charge in [-0.25, -0.2) is 5.48 Å². The molecule has 2 aromatic carbocycles. The lowest BCUT2D eigenvalue weighted by molar-refractivity contribution is -0.129. The Morgan fingerprint density at radius 2 is 1.80 bits per heavy atom. The molecule has 0 saturated carbocycles. The lowest BCUT2D eigenvalue weighted by Gasteiger charge is -2.14. The molecule has 30 heavy (non-hydrogen) atoms. The van der Waals surface area contributed by atoms with Crippen LogP contribution in [0.15, 0.2) is 59.5 Å². The molecule has 0 aliphatic rings. The van der Waals surface area contributed by atoms with E-state index in [1.54, 1.807) is 55.2 Å². The number of benzene rings is 2. The number of pyridine rings is 1. The molecule has 0 bridgehead atoms. The molecule has 3 aromatic rings. The van der Waals surface area contributed by atoms with Crippen molar-refractivity contribution in [1.82, 2.24) is 10.0 Å². The van der Waals surface area contributed by atoms with Gasteiger partial charge in [0.05, 0.1) is 12.6 Å². The van der Waals surface area contributed by atoms with Crippen LogP contribution in [0.3, 0.4) is 0 Å². The van der Waals surface area contributed by atoms with Crippen LogP contribution in [0.25, 0.3) is 10.9 Å². The first-order valence-corrected chi connectivity index (χ1v) is 9.54. The molecule has 0 aliphatic heterocycles. The largest absolute Gasteiger partial charge is 0.497 e. The molecule has 0 saturated heterocycles. The molecule has 8 heteroatoms. The SMILES string of the molecule is COc1ccc(NC(=O)c2cn(CCCCC(=O)NO)c3ccccc3c2=O)cc1. The minimum Gasteiger partial charge on any atom is -0.497 e. The molecule has 1 aromatic heterocycles. The third-order valence-electron chi connectivity index (χ3n) is 4.76. The molecule has 8 nitrogen and oxygen atoms in total. The van der Waals surface area contributed by atoms with Crippen LogP contribution in [-0.2, 0) is 11.3 Å². The van der Waals surface area contributed by atoms with E-state index in [9.17, 15) is 14.4 Å². The van der Waals surface area contributed by atoms with Gasteiger partial charge in [0.2, 0.25) is 11.3 Å². The van der Waals surface area contributed by atoms with Crippen molar-refractivity contribution in [3.05, 3.63) is 70.5 Å². The van der Waals surface area contributed by atoms with E-state index in [4.69, 9.17) is 9.94 Å². The Morgan fingerprint density at radius 3 is 2.50 bits per heavy atom. The van der Waals surface area contributed by atoms with Gasteiger partial charge >= 0.3 is 0 Å². The molecule has 3 rings (SSSR count). The molecule has 0 atom stereocenters. The Bertz CT molecular complexity index is 1110. The summed E-state index contributed by atoms with van der Waals surface area (Å²) in [6, 6.07) is 13.9. The van der Waals surface area contributed by atoms with Crippen LogP contribution in [0, 0.1) is 0 Å². The number of hydroxylamine groups is 1. The number of para-hydroxylation sites is 1. The van der Waals surface area contributed by atoms with Crippen LogP contribution in [0.1, 0.15) is 29.6 Å². The number of fused-ring (bicyclic) bond motifs is 1. The van der Waals surface area contributed by atoms with Gasteiger partial charge in [-0.3, -0.25) is 19.6 Å². The summed E-state index contributed by atoms with van der Waals surface area (Å²) in [5.41, 5.74) is 2.58. The van der Waals surface area contributed by atoms with Crippen LogP contribution in [0.5, 0.6) is 5.75 Å². The van der Waals surface area contributed by atoms with Gasteiger partial charge in [0.1, 0.15) is 11.3 Å². The number of unbranched alkanes of at least 4 members (excludes halogenated alkanes) is 1. The van der Waals surface area contributed by atoms with Crippen LogP contribution in [0.4, 0.5) is 5.69 Å². The van der Waals surface area contributed by atoms with E-state index in [1.807, 2.05) is 16.7 Å². The number of rotatable bonds is 8. The zero-order valence-corrected chi connectivity index (χ0v) is 16.6. The van der Waals surface area contributed by atoms with Gasteiger partial charge in [-0.2, -0.15) is 0 Å². The van der Waals surface area contributed by atoms with Crippen molar-refractivity contribution in [3.63, 3.8) is 0 Å². The molecule has 0 radical (unpaired) electrons. The number of nitrogens with one attached hydrogen (secondary N) is 2. The van der Waals surface area contributed by atoms with E-state index < -0.39 is 11.8 Å². The highest BCUT2D eigenvalue weighted by Crippen LogP contribution is 2.17. The van der Waals surface area contributed by atoms with Crippen molar-refractivity contribution in [2.24, 2.45) is 0 Å². The Morgan fingerprint density at radius 1 is 1.07 bits per heavy atom. The molecule has 2 amide bonds. The van der Waals surface area contributed by atoms with Crippen molar-refractivity contribution in [2.75, 3.05) is 12.4 Å². The molecule has 1 heterocycles. The van der Waals surface area contributed by atoms with Gasteiger partial charge in [-0.1, -0.05) is 12.1 Å². The van der Waals surface area contributed by atoms with Crippen molar-refractivity contribution < 1.29 is 19.5 Å². The summed E-state index contributed by atoms with van der Waals surface area (Å²) in [4.78, 5) is 36.9. The first-order chi connectivity index (χ1) is 14.5. The van der Waals surface area contributed by atoms with E-state index in [0.717, 1.165) is 5.52 Å². The standard InChI is InChI=1S/C22H23N3O5/c1-30-16-11-9-15(10-12-16)23-22(28)18-14-25(13-5-4-8-20(26)24-29)19-7-3-2-6-17(19)21(18)27/h2-3,6-7,9-12,14,29H,4-5,8,13H2,1H3,(H,23,28)(H,24,26). The number of ether oxygens (including phenoxy) is 1. The summed E-state index contributed by atoms with van der Waals surface area (Å²) in [5.74, 6) is -0.278. The van der Waals surface area contributed by atoms with Gasteiger partial charge in [0.25, 0.3) is 5.91 Å². The number of aromatic nitrogens is 1. The first kappa shape index (κ1) is 21.1. The minimum atomic E-state index is -0.496.